The van der Waals surface area contributed by atoms with Gasteiger partial charge in [0.15, 0.2) is 5.15 Å². The highest BCUT2D eigenvalue weighted by molar-refractivity contribution is 6.29. The van der Waals surface area contributed by atoms with E-state index in [4.69, 9.17) is 22.1 Å². The summed E-state index contributed by atoms with van der Waals surface area (Å²) in [6, 6.07) is 0. The summed E-state index contributed by atoms with van der Waals surface area (Å²) in [7, 11) is 0. The number of halogens is 1. The first-order valence-corrected chi connectivity index (χ1v) is 7.59. The Bertz CT molecular complexity index is 533. The van der Waals surface area contributed by atoms with Gasteiger partial charge in [0.05, 0.1) is 18.8 Å². The lowest BCUT2D eigenvalue weighted by Gasteiger charge is -2.27. The van der Waals surface area contributed by atoms with Crippen LogP contribution in [0.1, 0.15) is 31.4 Å². The van der Waals surface area contributed by atoms with Crippen molar-refractivity contribution in [2.75, 3.05) is 6.61 Å². The highest BCUT2D eigenvalue weighted by atomic mass is 35.5. The number of nitrogens with zero attached hydrogens (tertiary/aromatic N) is 2. The molecule has 0 aromatic carbocycles. The Morgan fingerprint density at radius 3 is 2.59 bits per heavy atom. The maximum absolute atomic E-state index is 12.1. The number of amides is 2. The van der Waals surface area contributed by atoms with Crippen LogP contribution in [0.15, 0.2) is 12.4 Å². The predicted octanol–water partition coefficient (Wildman–Crippen LogP) is 1.65. The third kappa shape index (κ3) is 4.84. The summed E-state index contributed by atoms with van der Waals surface area (Å²) in [5, 5.41) is 3.14. The number of nitrogens with two attached hydrogens (primary N) is 1. The summed E-state index contributed by atoms with van der Waals surface area (Å²) < 4.78 is 4.80. The number of primary amides is 1. The zero-order chi connectivity index (χ0) is 15.9. The number of nitrogens with one attached hydrogen (secondary N) is 1. The van der Waals surface area contributed by atoms with Crippen LogP contribution in [0, 0.1) is 11.8 Å². The maximum atomic E-state index is 12.1. The molecule has 7 nitrogen and oxygen atoms in total. The van der Waals surface area contributed by atoms with Gasteiger partial charge in [-0.3, -0.25) is 9.78 Å². The Balaban J connectivity index is 1.73. The van der Waals surface area contributed by atoms with Gasteiger partial charge >= 0.3 is 6.09 Å². The van der Waals surface area contributed by atoms with Gasteiger partial charge in [-0.25, -0.2) is 9.78 Å². The van der Waals surface area contributed by atoms with Crippen LogP contribution in [-0.4, -0.2) is 28.6 Å². The number of rotatable bonds is 5. The first-order valence-electron chi connectivity index (χ1n) is 7.21. The first-order chi connectivity index (χ1) is 10.6. The SMILES string of the molecule is NC(=O)OCC1CCC(C(=O)NCc2nccnc2Cl)CC1. The summed E-state index contributed by atoms with van der Waals surface area (Å²) >= 11 is 5.90. The highest BCUT2D eigenvalue weighted by Crippen LogP contribution is 2.29. The Hall–Kier alpha value is -1.89. The molecule has 1 saturated carbocycles. The van der Waals surface area contributed by atoms with Gasteiger partial charge in [0.25, 0.3) is 0 Å². The number of hydrogen-bond acceptors (Lipinski definition) is 5. The molecule has 1 aliphatic rings. The topological polar surface area (TPSA) is 107 Å². The minimum atomic E-state index is -0.749. The lowest BCUT2D eigenvalue weighted by atomic mass is 9.82. The molecule has 0 unspecified atom stereocenters. The van der Waals surface area contributed by atoms with Crippen LogP contribution in [-0.2, 0) is 16.1 Å². The van der Waals surface area contributed by atoms with Crippen LogP contribution < -0.4 is 11.1 Å². The highest BCUT2D eigenvalue weighted by Gasteiger charge is 2.26. The van der Waals surface area contributed by atoms with Crippen LogP contribution in [0.2, 0.25) is 5.15 Å². The van der Waals surface area contributed by atoms with E-state index in [9.17, 15) is 9.59 Å². The number of hydrogen-bond donors (Lipinski definition) is 2. The number of carbonyl (C=O) groups is 2. The van der Waals surface area contributed by atoms with E-state index in [1.807, 2.05) is 0 Å². The molecule has 1 heterocycles. The van der Waals surface area contributed by atoms with Crippen LogP contribution in [0.4, 0.5) is 4.79 Å². The molecule has 1 aromatic rings. The van der Waals surface area contributed by atoms with Gasteiger partial charge < -0.3 is 15.8 Å². The Labute approximate surface area is 133 Å². The van der Waals surface area contributed by atoms with Gasteiger partial charge in [-0.2, -0.15) is 0 Å². The van der Waals surface area contributed by atoms with Gasteiger partial charge in [-0.1, -0.05) is 11.6 Å². The summed E-state index contributed by atoms with van der Waals surface area (Å²) in [5.74, 6) is 0.252. The lowest BCUT2D eigenvalue weighted by Crippen LogP contribution is -2.34. The largest absolute Gasteiger partial charge is 0.449 e. The van der Waals surface area contributed by atoms with Crippen molar-refractivity contribution >= 4 is 23.6 Å². The van der Waals surface area contributed by atoms with Crippen molar-refractivity contribution in [3.8, 4) is 0 Å². The fourth-order valence-electron chi connectivity index (χ4n) is 2.57. The molecule has 22 heavy (non-hydrogen) atoms. The normalized spacial score (nSPS) is 21.1. The van der Waals surface area contributed by atoms with Crippen molar-refractivity contribution in [1.29, 1.82) is 0 Å². The maximum Gasteiger partial charge on any atom is 0.404 e. The van der Waals surface area contributed by atoms with Crippen LogP contribution in [0.3, 0.4) is 0 Å². The molecule has 0 atom stereocenters. The summed E-state index contributed by atoms with van der Waals surface area (Å²) in [4.78, 5) is 30.7. The number of carbonyl (C=O) groups excluding carboxylic acids is 2. The zero-order valence-corrected chi connectivity index (χ0v) is 12.9. The van der Waals surface area contributed by atoms with E-state index in [0.717, 1.165) is 25.7 Å². The second-order valence-electron chi connectivity index (χ2n) is 5.36. The van der Waals surface area contributed by atoms with Crippen LogP contribution in [0.25, 0.3) is 0 Å². The summed E-state index contributed by atoms with van der Waals surface area (Å²) in [6.07, 6.45) is 5.52. The van der Waals surface area contributed by atoms with Crippen LogP contribution in [0.5, 0.6) is 0 Å². The molecular weight excluding hydrogens is 308 g/mol. The fraction of sp³-hybridized carbons (Fsp3) is 0.571. The Morgan fingerprint density at radius 1 is 1.27 bits per heavy atom. The van der Waals surface area contributed by atoms with Gasteiger partial charge in [-0.15, -0.1) is 0 Å². The molecular formula is C14H19ClN4O3. The van der Waals surface area contributed by atoms with Crippen molar-refractivity contribution in [1.82, 2.24) is 15.3 Å². The molecule has 0 spiro atoms. The van der Waals surface area contributed by atoms with E-state index in [1.165, 1.54) is 12.4 Å². The van der Waals surface area contributed by atoms with Crippen molar-refractivity contribution in [3.05, 3.63) is 23.2 Å². The Morgan fingerprint density at radius 2 is 1.95 bits per heavy atom. The summed E-state index contributed by atoms with van der Waals surface area (Å²) in [6.45, 7) is 0.606. The van der Waals surface area contributed by atoms with Crippen molar-refractivity contribution in [2.24, 2.45) is 17.6 Å². The average molecular weight is 327 g/mol. The van der Waals surface area contributed by atoms with E-state index in [1.54, 1.807) is 0 Å². The molecule has 1 fully saturated rings. The summed E-state index contributed by atoms with van der Waals surface area (Å²) in [5.41, 5.74) is 5.50. The minimum absolute atomic E-state index is 0.00371. The predicted molar refractivity (Wildman–Crippen MR) is 79.9 cm³/mol. The number of aromatic nitrogens is 2. The minimum Gasteiger partial charge on any atom is -0.449 e. The lowest BCUT2D eigenvalue weighted by molar-refractivity contribution is -0.126. The molecule has 0 bridgehead atoms. The first kappa shape index (κ1) is 16.5. The molecule has 120 valence electrons. The van der Waals surface area contributed by atoms with Crippen molar-refractivity contribution < 1.29 is 14.3 Å². The number of ether oxygens (including phenoxy) is 1. The molecule has 0 radical (unpaired) electrons. The molecule has 1 aliphatic carbocycles. The van der Waals surface area contributed by atoms with Gasteiger partial charge in [0.1, 0.15) is 0 Å². The van der Waals surface area contributed by atoms with E-state index in [-0.39, 0.29) is 24.3 Å². The standard InChI is InChI=1S/C14H19ClN4O3/c15-12-11(17-5-6-18-12)7-19-13(20)10-3-1-9(2-4-10)8-22-14(16)21/h5-6,9-10H,1-4,7-8H2,(H2,16,21)(H,19,20). The molecule has 2 amide bonds. The zero-order valence-electron chi connectivity index (χ0n) is 12.1. The van der Waals surface area contributed by atoms with Gasteiger partial charge in [-0.05, 0) is 31.6 Å². The second-order valence-corrected chi connectivity index (χ2v) is 5.72. The van der Waals surface area contributed by atoms with E-state index in [0.29, 0.717) is 17.5 Å². The monoisotopic (exact) mass is 326 g/mol. The average Bonchev–Trinajstić information content (AvgIpc) is 2.52. The van der Waals surface area contributed by atoms with Gasteiger partial charge in [0.2, 0.25) is 5.91 Å². The molecule has 8 heteroatoms. The molecule has 2 rings (SSSR count). The van der Waals surface area contributed by atoms with Crippen LogP contribution >= 0.6 is 11.6 Å². The van der Waals surface area contributed by atoms with E-state index >= 15 is 0 Å². The second kappa shape index (κ2) is 7.93. The van der Waals surface area contributed by atoms with Crippen molar-refractivity contribution in [2.45, 2.75) is 32.2 Å². The fourth-order valence-corrected chi connectivity index (χ4v) is 2.75. The quantitative estimate of drug-likeness (QED) is 0.855. The third-order valence-electron chi connectivity index (χ3n) is 3.83. The molecule has 0 saturated heterocycles. The molecule has 3 N–H and O–H groups in total. The third-order valence-corrected chi connectivity index (χ3v) is 4.15. The van der Waals surface area contributed by atoms with Gasteiger partial charge in [0, 0.05) is 18.3 Å². The van der Waals surface area contributed by atoms with E-state index in [2.05, 4.69) is 15.3 Å². The van der Waals surface area contributed by atoms with Crippen molar-refractivity contribution in [3.63, 3.8) is 0 Å². The molecule has 0 aliphatic heterocycles. The Kier molecular flexibility index (Phi) is 5.94. The smallest absolute Gasteiger partial charge is 0.404 e. The van der Waals surface area contributed by atoms with E-state index < -0.39 is 6.09 Å². The molecule has 1 aromatic heterocycles.